The highest BCUT2D eigenvalue weighted by atomic mass is 16.2. The van der Waals surface area contributed by atoms with Crippen molar-refractivity contribution in [2.24, 2.45) is 0 Å². The summed E-state index contributed by atoms with van der Waals surface area (Å²) in [4.78, 5) is 41.2. The summed E-state index contributed by atoms with van der Waals surface area (Å²) in [6, 6.07) is 7.01. The van der Waals surface area contributed by atoms with Gasteiger partial charge in [-0.2, -0.15) is 0 Å². The fourth-order valence-electron chi connectivity index (χ4n) is 5.52. The fourth-order valence-corrected chi connectivity index (χ4v) is 5.52. The Kier molecular flexibility index (Phi) is 7.13. The first-order valence-electron chi connectivity index (χ1n) is 12.2. The van der Waals surface area contributed by atoms with Crippen LogP contribution in [-0.4, -0.2) is 53.8 Å². The van der Waals surface area contributed by atoms with Crippen molar-refractivity contribution in [3.05, 3.63) is 35.4 Å². The molecule has 3 aliphatic rings. The average molecular weight is 441 g/mol. The summed E-state index contributed by atoms with van der Waals surface area (Å²) in [6.07, 6.45) is 8.01. The molecule has 4 rings (SSSR count). The van der Waals surface area contributed by atoms with Gasteiger partial charge in [0.2, 0.25) is 17.7 Å². The molecule has 0 spiro atoms. The third-order valence-electron chi connectivity index (χ3n) is 7.47. The number of amides is 3. The number of likely N-dealkylation sites (N-methyl/N-ethyl adjacent to an activating group) is 1. The Morgan fingerprint density at radius 3 is 2.53 bits per heavy atom. The molecular weight excluding hydrogens is 404 g/mol. The number of hydrogen-bond acceptors (Lipinski definition) is 4. The van der Waals surface area contributed by atoms with Crippen molar-refractivity contribution >= 4 is 17.7 Å². The molecule has 0 unspecified atom stereocenters. The Morgan fingerprint density at radius 1 is 0.969 bits per heavy atom. The summed E-state index contributed by atoms with van der Waals surface area (Å²) in [6.45, 7) is 1.78. The predicted molar refractivity (Wildman–Crippen MR) is 123 cm³/mol. The quantitative estimate of drug-likeness (QED) is 0.655. The number of nitrogens with one attached hydrogen (secondary N) is 3. The summed E-state index contributed by atoms with van der Waals surface area (Å²) < 4.78 is 0. The van der Waals surface area contributed by atoms with E-state index in [1.807, 2.05) is 12.1 Å². The highest BCUT2D eigenvalue weighted by Gasteiger charge is 2.44. The minimum Gasteiger partial charge on any atom is -0.347 e. The molecule has 2 heterocycles. The molecule has 3 N–H and O–H groups in total. The summed E-state index contributed by atoms with van der Waals surface area (Å²) in [5.74, 6) is -0.341. The zero-order valence-electron chi connectivity index (χ0n) is 19.2. The molecule has 0 aromatic heterocycles. The molecule has 1 aromatic carbocycles. The lowest BCUT2D eigenvalue weighted by Crippen LogP contribution is -2.58. The van der Waals surface area contributed by atoms with Gasteiger partial charge in [-0.15, -0.1) is 0 Å². The number of aryl methyl sites for hydroxylation is 1. The third kappa shape index (κ3) is 4.68. The van der Waals surface area contributed by atoms with Crippen LogP contribution in [0.3, 0.4) is 0 Å². The third-order valence-corrected chi connectivity index (χ3v) is 7.47. The van der Waals surface area contributed by atoms with E-state index in [1.165, 1.54) is 11.1 Å². The average Bonchev–Trinajstić information content (AvgIpc) is 3.22. The van der Waals surface area contributed by atoms with E-state index in [-0.39, 0.29) is 35.8 Å². The van der Waals surface area contributed by atoms with Gasteiger partial charge in [-0.05, 0) is 70.0 Å². The lowest BCUT2D eigenvalue weighted by Gasteiger charge is -2.36. The lowest BCUT2D eigenvalue weighted by atomic mass is 9.87. The highest BCUT2D eigenvalue weighted by Crippen LogP contribution is 2.33. The Hall–Kier alpha value is -2.41. The number of benzene rings is 1. The van der Waals surface area contributed by atoms with Crippen molar-refractivity contribution < 1.29 is 14.4 Å². The van der Waals surface area contributed by atoms with Crippen LogP contribution in [0.2, 0.25) is 0 Å². The van der Waals surface area contributed by atoms with Gasteiger partial charge in [-0.1, -0.05) is 37.1 Å². The van der Waals surface area contributed by atoms with E-state index in [1.54, 1.807) is 18.9 Å². The summed E-state index contributed by atoms with van der Waals surface area (Å²) in [5, 5.41) is 9.11. The molecule has 1 aromatic rings. The summed E-state index contributed by atoms with van der Waals surface area (Å²) >= 11 is 0. The number of carbonyl (C=O) groups excluding carboxylic acids is 3. The van der Waals surface area contributed by atoms with Gasteiger partial charge in [-0.25, -0.2) is 0 Å². The summed E-state index contributed by atoms with van der Waals surface area (Å²) in [5.41, 5.74) is 2.50. The van der Waals surface area contributed by atoms with Gasteiger partial charge in [0.25, 0.3) is 0 Å². The monoisotopic (exact) mass is 440 g/mol. The molecule has 0 radical (unpaired) electrons. The first kappa shape index (κ1) is 22.8. The minimum absolute atomic E-state index is 0.00309. The molecule has 7 heteroatoms. The Labute approximate surface area is 190 Å². The molecule has 0 bridgehead atoms. The van der Waals surface area contributed by atoms with Crippen molar-refractivity contribution in [3.8, 4) is 0 Å². The maximum Gasteiger partial charge on any atom is 0.246 e. The van der Waals surface area contributed by atoms with E-state index in [2.05, 4.69) is 28.1 Å². The van der Waals surface area contributed by atoms with Gasteiger partial charge in [0.05, 0.1) is 12.1 Å². The van der Waals surface area contributed by atoms with E-state index >= 15 is 0 Å². The normalized spacial score (nSPS) is 28.7. The molecule has 2 saturated heterocycles. The van der Waals surface area contributed by atoms with Crippen molar-refractivity contribution in [1.82, 2.24) is 20.9 Å². The summed E-state index contributed by atoms with van der Waals surface area (Å²) in [7, 11) is 1.73. The van der Waals surface area contributed by atoms with E-state index in [9.17, 15) is 14.4 Å². The van der Waals surface area contributed by atoms with Crippen LogP contribution in [0.25, 0.3) is 0 Å². The van der Waals surface area contributed by atoms with Gasteiger partial charge < -0.3 is 20.9 Å². The highest BCUT2D eigenvalue weighted by molar-refractivity contribution is 5.93. The molecular formula is C25H36N4O3. The first-order chi connectivity index (χ1) is 15.5. The number of carbonyl (C=O) groups is 3. The van der Waals surface area contributed by atoms with Crippen LogP contribution >= 0.6 is 0 Å². The van der Waals surface area contributed by atoms with E-state index < -0.39 is 12.1 Å². The zero-order valence-corrected chi connectivity index (χ0v) is 19.2. The smallest absolute Gasteiger partial charge is 0.246 e. The van der Waals surface area contributed by atoms with Crippen molar-refractivity contribution in [2.75, 3.05) is 7.05 Å². The molecule has 5 atom stereocenters. The van der Waals surface area contributed by atoms with Crippen LogP contribution in [0.1, 0.15) is 75.5 Å². The molecule has 0 saturated carbocycles. The van der Waals surface area contributed by atoms with Crippen molar-refractivity contribution in [1.29, 1.82) is 0 Å². The van der Waals surface area contributed by atoms with Crippen molar-refractivity contribution in [2.45, 2.75) is 94.9 Å². The second-order valence-electron chi connectivity index (χ2n) is 9.50. The number of fused-ring (bicyclic) bond motifs is 2. The molecule has 7 nitrogen and oxygen atoms in total. The Bertz CT molecular complexity index is 857. The van der Waals surface area contributed by atoms with E-state index in [0.717, 1.165) is 44.9 Å². The topological polar surface area (TPSA) is 90.5 Å². The van der Waals surface area contributed by atoms with Crippen LogP contribution in [0.15, 0.2) is 24.3 Å². The van der Waals surface area contributed by atoms with Gasteiger partial charge >= 0.3 is 0 Å². The molecule has 32 heavy (non-hydrogen) atoms. The Morgan fingerprint density at radius 2 is 1.72 bits per heavy atom. The van der Waals surface area contributed by atoms with Crippen LogP contribution in [0, 0.1) is 0 Å². The number of nitrogens with zero attached hydrogens (tertiary/aromatic N) is 1. The number of hydrogen-bond donors (Lipinski definition) is 3. The second-order valence-corrected chi connectivity index (χ2v) is 9.50. The standard InChI is InChI=1S/C25H36N4O3/c1-16(26-2)23(30)28-21-12-6-4-10-18-14-15-22(29(18)25(21)32)24(31)27-20-13-7-9-17-8-3-5-11-19(17)20/h3,5,8,11,16,18,20-22,26H,4,6-7,9-10,12-15H2,1-2H3,(H,27,31)(H,28,30)/t16-,18+,20+,21-,22-/m0/s1. The van der Waals surface area contributed by atoms with Gasteiger partial charge in [0.15, 0.2) is 0 Å². The van der Waals surface area contributed by atoms with Crippen LogP contribution in [0.5, 0.6) is 0 Å². The van der Waals surface area contributed by atoms with Crippen molar-refractivity contribution in [3.63, 3.8) is 0 Å². The SMILES string of the molecule is CN[C@@H](C)C(=O)N[C@H]1CCCC[C@@H]2CC[C@@H](C(=O)N[C@@H]3CCCc4ccccc43)N2C1=O. The predicted octanol–water partition coefficient (Wildman–Crippen LogP) is 2.21. The van der Waals surface area contributed by atoms with Gasteiger partial charge in [0.1, 0.15) is 12.1 Å². The van der Waals surface area contributed by atoms with Crippen LogP contribution in [-0.2, 0) is 20.8 Å². The van der Waals surface area contributed by atoms with Crippen LogP contribution < -0.4 is 16.0 Å². The molecule has 2 fully saturated rings. The lowest BCUT2D eigenvalue weighted by molar-refractivity contribution is -0.144. The number of rotatable bonds is 5. The molecule has 2 aliphatic heterocycles. The maximum absolute atomic E-state index is 13.5. The second kappa shape index (κ2) is 10.0. The molecule has 174 valence electrons. The molecule has 1 aliphatic carbocycles. The maximum atomic E-state index is 13.5. The van der Waals surface area contributed by atoms with Gasteiger partial charge in [0, 0.05) is 6.04 Å². The van der Waals surface area contributed by atoms with Crippen LogP contribution in [0.4, 0.5) is 0 Å². The molecule has 3 amide bonds. The Balaban J connectivity index is 1.49. The largest absolute Gasteiger partial charge is 0.347 e. The van der Waals surface area contributed by atoms with E-state index in [0.29, 0.717) is 12.8 Å². The minimum atomic E-state index is -0.565. The van der Waals surface area contributed by atoms with Gasteiger partial charge in [-0.3, -0.25) is 14.4 Å². The van der Waals surface area contributed by atoms with E-state index in [4.69, 9.17) is 0 Å². The zero-order chi connectivity index (χ0) is 22.7. The first-order valence-corrected chi connectivity index (χ1v) is 12.2. The fraction of sp³-hybridized carbons (Fsp3) is 0.640.